The lowest BCUT2D eigenvalue weighted by Gasteiger charge is -2.36. The molecule has 0 aromatic heterocycles. The van der Waals surface area contributed by atoms with E-state index in [4.69, 9.17) is 0 Å². The number of carbonyl (C=O) groups excluding carboxylic acids is 3. The van der Waals surface area contributed by atoms with Crippen LogP contribution in [0.25, 0.3) is 0 Å². The van der Waals surface area contributed by atoms with Gasteiger partial charge in [-0.1, -0.05) is 24.3 Å². The summed E-state index contributed by atoms with van der Waals surface area (Å²) in [6, 6.07) is 12.6. The van der Waals surface area contributed by atoms with Crippen LogP contribution >= 0.6 is 0 Å². The smallest absolute Gasteiger partial charge is 0.251 e. The number of rotatable bonds is 5. The van der Waals surface area contributed by atoms with Gasteiger partial charge in [0.25, 0.3) is 5.91 Å². The van der Waals surface area contributed by atoms with Crippen LogP contribution in [0.1, 0.15) is 34.3 Å². The molecule has 150 valence electrons. The molecule has 2 saturated heterocycles. The van der Waals surface area contributed by atoms with E-state index in [-0.39, 0.29) is 36.1 Å². The number of hydrogen-bond donors (Lipinski definition) is 1. The minimum atomic E-state index is -0.315. The second-order valence-electron chi connectivity index (χ2n) is 7.45. The van der Waals surface area contributed by atoms with Crippen LogP contribution in [0.15, 0.2) is 48.5 Å². The zero-order valence-corrected chi connectivity index (χ0v) is 15.9. The summed E-state index contributed by atoms with van der Waals surface area (Å²) in [5.74, 6) is -0.538. The zero-order chi connectivity index (χ0) is 20.4. The molecule has 0 saturated carbocycles. The number of nitrogens with zero attached hydrogens (tertiary/aromatic N) is 2. The second kappa shape index (κ2) is 8.03. The van der Waals surface area contributed by atoms with E-state index in [1.165, 1.54) is 12.1 Å². The van der Waals surface area contributed by atoms with Crippen LogP contribution in [0.4, 0.5) is 4.39 Å². The predicted molar refractivity (Wildman–Crippen MR) is 104 cm³/mol. The molecule has 0 aliphatic carbocycles. The zero-order valence-electron chi connectivity index (χ0n) is 15.9. The molecule has 2 aliphatic rings. The summed E-state index contributed by atoms with van der Waals surface area (Å²) < 4.78 is 12.9. The van der Waals surface area contributed by atoms with Gasteiger partial charge in [-0.2, -0.15) is 0 Å². The van der Waals surface area contributed by atoms with Crippen LogP contribution in [-0.2, 0) is 22.7 Å². The number of halogens is 1. The number of hydrogen-bond acceptors (Lipinski definition) is 3. The van der Waals surface area contributed by atoms with E-state index < -0.39 is 0 Å². The monoisotopic (exact) mass is 395 g/mol. The summed E-state index contributed by atoms with van der Waals surface area (Å²) in [6.45, 7) is 1.44. The maximum Gasteiger partial charge on any atom is 0.251 e. The third-order valence-electron chi connectivity index (χ3n) is 5.45. The van der Waals surface area contributed by atoms with E-state index in [2.05, 4.69) is 5.32 Å². The number of fused-ring (bicyclic) bond motifs is 1. The third-order valence-corrected chi connectivity index (χ3v) is 5.45. The van der Waals surface area contributed by atoms with Gasteiger partial charge in [-0.25, -0.2) is 4.39 Å². The van der Waals surface area contributed by atoms with E-state index in [1.54, 1.807) is 46.2 Å². The maximum absolute atomic E-state index is 12.9. The largest absolute Gasteiger partial charge is 0.348 e. The minimum absolute atomic E-state index is 0.00298. The summed E-state index contributed by atoms with van der Waals surface area (Å²) in [6.07, 6.45) is 1.60. The summed E-state index contributed by atoms with van der Waals surface area (Å²) in [5, 5.41) is 2.80. The average Bonchev–Trinajstić information content (AvgIpc) is 3.23. The lowest BCUT2D eigenvalue weighted by Crippen LogP contribution is -2.56. The molecule has 29 heavy (non-hydrogen) atoms. The van der Waals surface area contributed by atoms with Crippen molar-refractivity contribution >= 4 is 17.7 Å². The fourth-order valence-electron chi connectivity index (χ4n) is 3.87. The highest BCUT2D eigenvalue weighted by Crippen LogP contribution is 2.24. The van der Waals surface area contributed by atoms with E-state index >= 15 is 0 Å². The van der Waals surface area contributed by atoms with Gasteiger partial charge >= 0.3 is 0 Å². The predicted octanol–water partition coefficient (Wildman–Crippen LogP) is 2.09. The standard InChI is InChI=1S/C22H22FN3O3/c23-18-9-5-15(6-10-18)12-24-21(28)17-7-3-16(4-8-17)13-25-14-20(27)26-11-1-2-19(26)22(25)29/h3-10,19H,1-2,11-14H2,(H,24,28)/t19-/m0/s1. The van der Waals surface area contributed by atoms with Crippen molar-refractivity contribution in [2.75, 3.05) is 13.1 Å². The third kappa shape index (κ3) is 4.13. The first-order valence-corrected chi connectivity index (χ1v) is 9.71. The van der Waals surface area contributed by atoms with Gasteiger partial charge in [0.15, 0.2) is 0 Å². The van der Waals surface area contributed by atoms with Crippen LogP contribution in [0, 0.1) is 5.82 Å². The molecule has 2 aromatic carbocycles. The molecule has 1 atom stereocenters. The normalized spacial score (nSPS) is 18.7. The molecule has 1 N–H and O–H groups in total. The highest BCUT2D eigenvalue weighted by atomic mass is 19.1. The molecule has 0 spiro atoms. The van der Waals surface area contributed by atoms with Crippen molar-refractivity contribution in [2.24, 2.45) is 0 Å². The van der Waals surface area contributed by atoms with Crippen molar-refractivity contribution in [1.82, 2.24) is 15.1 Å². The Morgan fingerprint density at radius 3 is 2.45 bits per heavy atom. The maximum atomic E-state index is 12.9. The van der Waals surface area contributed by atoms with Crippen LogP contribution in [0.2, 0.25) is 0 Å². The summed E-state index contributed by atoms with van der Waals surface area (Å²) >= 11 is 0. The van der Waals surface area contributed by atoms with E-state index in [0.29, 0.717) is 25.2 Å². The van der Waals surface area contributed by atoms with Gasteiger partial charge in [0.2, 0.25) is 11.8 Å². The molecule has 6 nitrogen and oxygen atoms in total. The highest BCUT2D eigenvalue weighted by molar-refractivity contribution is 5.95. The Balaban J connectivity index is 1.35. The lowest BCUT2D eigenvalue weighted by atomic mass is 10.1. The Morgan fingerprint density at radius 2 is 1.72 bits per heavy atom. The molecule has 2 aliphatic heterocycles. The highest BCUT2D eigenvalue weighted by Gasteiger charge is 2.41. The van der Waals surface area contributed by atoms with Crippen molar-refractivity contribution in [3.05, 3.63) is 71.0 Å². The Bertz CT molecular complexity index is 927. The minimum Gasteiger partial charge on any atom is -0.348 e. The van der Waals surface area contributed by atoms with Gasteiger partial charge in [0.05, 0.1) is 0 Å². The van der Waals surface area contributed by atoms with Gasteiger partial charge < -0.3 is 15.1 Å². The molecule has 0 bridgehead atoms. The fourth-order valence-corrected chi connectivity index (χ4v) is 3.87. The molecule has 2 fully saturated rings. The fraction of sp³-hybridized carbons (Fsp3) is 0.318. The number of piperazine rings is 1. The van der Waals surface area contributed by atoms with E-state index in [1.807, 2.05) is 0 Å². The van der Waals surface area contributed by atoms with Crippen LogP contribution in [-0.4, -0.2) is 46.7 Å². The van der Waals surface area contributed by atoms with Gasteiger partial charge in [-0.05, 0) is 48.2 Å². The van der Waals surface area contributed by atoms with Gasteiger partial charge in [-0.3, -0.25) is 14.4 Å². The summed E-state index contributed by atoms with van der Waals surface area (Å²) in [7, 11) is 0. The molecule has 0 unspecified atom stereocenters. The summed E-state index contributed by atoms with van der Waals surface area (Å²) in [5.41, 5.74) is 2.18. The lowest BCUT2D eigenvalue weighted by molar-refractivity contribution is -0.154. The first-order chi connectivity index (χ1) is 14.0. The first-order valence-electron chi connectivity index (χ1n) is 9.71. The topological polar surface area (TPSA) is 69.7 Å². The van der Waals surface area contributed by atoms with Crippen LogP contribution < -0.4 is 5.32 Å². The Labute approximate surface area is 168 Å². The molecule has 2 aromatic rings. The Kier molecular flexibility index (Phi) is 5.29. The van der Waals surface area contributed by atoms with Gasteiger partial charge in [0, 0.05) is 25.2 Å². The quantitative estimate of drug-likeness (QED) is 0.843. The molecule has 4 rings (SSSR count). The number of amides is 3. The van der Waals surface area contributed by atoms with Crippen LogP contribution in [0.5, 0.6) is 0 Å². The van der Waals surface area contributed by atoms with E-state index in [9.17, 15) is 18.8 Å². The second-order valence-corrected chi connectivity index (χ2v) is 7.45. The van der Waals surface area contributed by atoms with Crippen molar-refractivity contribution < 1.29 is 18.8 Å². The molecule has 3 amide bonds. The van der Waals surface area contributed by atoms with Gasteiger partial charge in [-0.15, -0.1) is 0 Å². The number of nitrogens with one attached hydrogen (secondary N) is 1. The van der Waals surface area contributed by atoms with Crippen molar-refractivity contribution in [3.8, 4) is 0 Å². The SMILES string of the molecule is O=C(NCc1ccc(F)cc1)c1ccc(CN2CC(=O)N3CCC[C@H]3C2=O)cc1. The molecule has 7 heteroatoms. The molecular formula is C22H22FN3O3. The summed E-state index contributed by atoms with van der Waals surface area (Å²) in [4.78, 5) is 40.4. The Morgan fingerprint density at radius 1 is 1.03 bits per heavy atom. The van der Waals surface area contributed by atoms with Crippen molar-refractivity contribution in [1.29, 1.82) is 0 Å². The molecule has 0 radical (unpaired) electrons. The van der Waals surface area contributed by atoms with Crippen molar-refractivity contribution in [2.45, 2.75) is 32.0 Å². The van der Waals surface area contributed by atoms with Crippen molar-refractivity contribution in [3.63, 3.8) is 0 Å². The van der Waals surface area contributed by atoms with Gasteiger partial charge in [0.1, 0.15) is 18.4 Å². The number of carbonyl (C=O) groups is 3. The van der Waals surface area contributed by atoms with Crippen LogP contribution in [0.3, 0.4) is 0 Å². The number of benzene rings is 2. The first kappa shape index (κ1) is 19.1. The molecule has 2 heterocycles. The Hall–Kier alpha value is -3.22. The average molecular weight is 395 g/mol. The molecular weight excluding hydrogens is 373 g/mol. The van der Waals surface area contributed by atoms with E-state index in [0.717, 1.165) is 24.0 Å².